The molecule has 1 aromatic carbocycles. The molecule has 0 spiro atoms. The van der Waals surface area contributed by atoms with E-state index in [2.05, 4.69) is 0 Å². The first-order chi connectivity index (χ1) is 9.81. The molecular weight excluding hydrogens is 287 g/mol. The van der Waals surface area contributed by atoms with Crippen LogP contribution < -0.4 is 10.0 Å². The molecule has 0 saturated heterocycles. The Labute approximate surface area is 127 Å². The molecule has 0 N–H and O–H groups in total. The zero-order valence-electron chi connectivity index (χ0n) is 13.4. The number of carbonyl (C=O) groups is 1. The molecule has 0 aliphatic carbocycles. The molecular formula is C16H25O4P. The van der Waals surface area contributed by atoms with Crippen molar-refractivity contribution < 1.29 is 18.8 Å². The van der Waals surface area contributed by atoms with Crippen molar-refractivity contribution in [3.05, 3.63) is 24.3 Å². The van der Waals surface area contributed by atoms with Crippen molar-refractivity contribution >= 4 is 19.1 Å². The topological polar surface area (TPSA) is 52.6 Å². The summed E-state index contributed by atoms with van der Waals surface area (Å²) < 4.78 is 23.4. The summed E-state index contributed by atoms with van der Waals surface area (Å²) in [5.41, 5.74) is 0. The molecule has 0 aliphatic heterocycles. The standard InChI is InChI=1S/C16H25O4P/c1-11(2)19-14-8-6-7-9-15(14)21(18)10-13(5)16(17)20-12(3)4/h6-9,11-13,21H,10H2,1-5H3. The highest BCUT2D eigenvalue weighted by molar-refractivity contribution is 7.53. The van der Waals surface area contributed by atoms with Gasteiger partial charge in [-0.2, -0.15) is 0 Å². The van der Waals surface area contributed by atoms with E-state index in [0.29, 0.717) is 17.2 Å². The fourth-order valence-corrected chi connectivity index (χ4v) is 3.52. The molecule has 118 valence electrons. The van der Waals surface area contributed by atoms with Gasteiger partial charge in [0.2, 0.25) is 0 Å². The average molecular weight is 312 g/mol. The van der Waals surface area contributed by atoms with Gasteiger partial charge in [-0.1, -0.05) is 19.1 Å². The smallest absolute Gasteiger partial charge is 0.309 e. The zero-order valence-corrected chi connectivity index (χ0v) is 14.4. The minimum absolute atomic E-state index is 0.0179. The summed E-state index contributed by atoms with van der Waals surface area (Å²) in [5.74, 6) is -0.0441. The lowest BCUT2D eigenvalue weighted by atomic mass is 10.2. The van der Waals surface area contributed by atoms with Crippen molar-refractivity contribution in [1.29, 1.82) is 0 Å². The van der Waals surface area contributed by atoms with E-state index in [1.165, 1.54) is 0 Å². The molecule has 1 rings (SSSR count). The third-order valence-corrected chi connectivity index (χ3v) is 4.79. The van der Waals surface area contributed by atoms with Gasteiger partial charge in [0, 0.05) is 6.16 Å². The highest BCUT2D eigenvalue weighted by Crippen LogP contribution is 2.29. The Hall–Kier alpha value is -1.28. The van der Waals surface area contributed by atoms with E-state index in [1.54, 1.807) is 26.8 Å². The van der Waals surface area contributed by atoms with Gasteiger partial charge in [0.25, 0.3) is 0 Å². The molecule has 0 aromatic heterocycles. The Morgan fingerprint density at radius 1 is 1.10 bits per heavy atom. The van der Waals surface area contributed by atoms with Crippen LogP contribution in [0.5, 0.6) is 5.75 Å². The number of hydrogen-bond acceptors (Lipinski definition) is 4. The van der Waals surface area contributed by atoms with E-state index >= 15 is 0 Å². The number of carbonyl (C=O) groups excluding carboxylic acids is 1. The second-order valence-electron chi connectivity index (χ2n) is 5.68. The summed E-state index contributed by atoms with van der Waals surface area (Å²) in [6, 6.07) is 7.31. The second-order valence-corrected chi connectivity index (χ2v) is 7.47. The van der Waals surface area contributed by atoms with Crippen LogP contribution in [0.2, 0.25) is 0 Å². The van der Waals surface area contributed by atoms with Crippen LogP contribution in [0.3, 0.4) is 0 Å². The van der Waals surface area contributed by atoms with Crippen LogP contribution in [0.25, 0.3) is 0 Å². The van der Waals surface area contributed by atoms with Crippen molar-refractivity contribution in [2.75, 3.05) is 6.16 Å². The number of benzene rings is 1. The van der Waals surface area contributed by atoms with E-state index < -0.39 is 7.80 Å². The maximum Gasteiger partial charge on any atom is 0.309 e. The number of hydrogen-bond donors (Lipinski definition) is 0. The van der Waals surface area contributed by atoms with Crippen molar-refractivity contribution in [3.8, 4) is 5.75 Å². The van der Waals surface area contributed by atoms with Gasteiger partial charge in [-0.3, -0.25) is 4.79 Å². The normalized spacial score (nSPS) is 14.0. The fourth-order valence-electron chi connectivity index (χ4n) is 1.87. The summed E-state index contributed by atoms with van der Waals surface area (Å²) in [6.45, 7) is 9.21. The Morgan fingerprint density at radius 3 is 2.29 bits per heavy atom. The molecule has 0 fully saturated rings. The lowest BCUT2D eigenvalue weighted by molar-refractivity contribution is -0.150. The largest absolute Gasteiger partial charge is 0.490 e. The van der Waals surface area contributed by atoms with Gasteiger partial charge in [-0.25, -0.2) is 0 Å². The summed E-state index contributed by atoms with van der Waals surface area (Å²) in [7, 11) is -2.10. The Bertz CT molecular complexity index is 497. The second kappa shape index (κ2) is 8.23. The molecule has 0 radical (unpaired) electrons. The molecule has 21 heavy (non-hydrogen) atoms. The monoisotopic (exact) mass is 312 g/mol. The van der Waals surface area contributed by atoms with Gasteiger partial charge in [-0.05, 0) is 39.8 Å². The van der Waals surface area contributed by atoms with Gasteiger partial charge < -0.3 is 14.0 Å². The van der Waals surface area contributed by atoms with Crippen LogP contribution in [-0.2, 0) is 14.1 Å². The van der Waals surface area contributed by atoms with Crippen LogP contribution in [-0.4, -0.2) is 24.3 Å². The lowest BCUT2D eigenvalue weighted by Crippen LogP contribution is -2.22. The highest BCUT2D eigenvalue weighted by atomic mass is 31.1. The summed E-state index contributed by atoms with van der Waals surface area (Å²) in [6.07, 6.45) is 0.164. The molecule has 0 heterocycles. The van der Waals surface area contributed by atoms with Crippen LogP contribution in [0.4, 0.5) is 0 Å². The first kappa shape index (κ1) is 17.8. The van der Waals surface area contributed by atoms with Gasteiger partial charge in [0.1, 0.15) is 13.6 Å². The van der Waals surface area contributed by atoms with Gasteiger partial charge in [-0.15, -0.1) is 0 Å². The average Bonchev–Trinajstić information content (AvgIpc) is 2.37. The molecule has 0 amide bonds. The predicted molar refractivity (Wildman–Crippen MR) is 86.1 cm³/mol. The number of esters is 1. The molecule has 2 unspecified atom stereocenters. The lowest BCUT2D eigenvalue weighted by Gasteiger charge is -2.16. The van der Waals surface area contributed by atoms with Crippen LogP contribution in [0, 0.1) is 5.92 Å². The first-order valence-electron chi connectivity index (χ1n) is 7.30. The fraction of sp³-hybridized carbons (Fsp3) is 0.562. The van der Waals surface area contributed by atoms with Crippen LogP contribution in [0.1, 0.15) is 34.6 Å². The Balaban J connectivity index is 2.78. The zero-order chi connectivity index (χ0) is 16.0. The Kier molecular flexibility index (Phi) is 6.97. The molecule has 0 saturated carbocycles. The number of para-hydroxylation sites is 1. The molecule has 5 heteroatoms. The summed E-state index contributed by atoms with van der Waals surface area (Å²) >= 11 is 0. The molecule has 0 aliphatic rings. The van der Waals surface area contributed by atoms with Gasteiger partial charge >= 0.3 is 5.97 Å². The van der Waals surface area contributed by atoms with Crippen molar-refractivity contribution in [3.63, 3.8) is 0 Å². The Morgan fingerprint density at radius 2 is 1.71 bits per heavy atom. The van der Waals surface area contributed by atoms with Crippen molar-refractivity contribution in [2.45, 2.75) is 46.8 Å². The summed E-state index contributed by atoms with van der Waals surface area (Å²) in [5, 5.41) is 0.695. The number of rotatable bonds is 7. The first-order valence-corrected chi connectivity index (χ1v) is 8.92. The quantitative estimate of drug-likeness (QED) is 0.573. The van der Waals surface area contributed by atoms with E-state index in [-0.39, 0.29) is 24.1 Å². The van der Waals surface area contributed by atoms with Crippen LogP contribution in [0.15, 0.2) is 24.3 Å². The summed E-state index contributed by atoms with van der Waals surface area (Å²) in [4.78, 5) is 11.8. The molecule has 4 nitrogen and oxygen atoms in total. The van der Waals surface area contributed by atoms with Crippen LogP contribution >= 0.6 is 7.80 Å². The highest BCUT2D eigenvalue weighted by Gasteiger charge is 2.21. The molecule has 2 atom stereocenters. The maximum absolute atomic E-state index is 12.5. The minimum atomic E-state index is -2.10. The van der Waals surface area contributed by atoms with E-state index in [1.807, 2.05) is 32.0 Å². The van der Waals surface area contributed by atoms with E-state index in [4.69, 9.17) is 9.47 Å². The van der Waals surface area contributed by atoms with E-state index in [0.717, 1.165) is 0 Å². The number of ether oxygens (including phenoxy) is 2. The maximum atomic E-state index is 12.5. The molecule has 1 aromatic rings. The van der Waals surface area contributed by atoms with Gasteiger partial charge in [0.05, 0.1) is 23.4 Å². The predicted octanol–water partition coefficient (Wildman–Crippen LogP) is 3.25. The third kappa shape index (κ3) is 5.92. The minimum Gasteiger partial charge on any atom is -0.490 e. The van der Waals surface area contributed by atoms with Crippen molar-refractivity contribution in [1.82, 2.24) is 0 Å². The third-order valence-electron chi connectivity index (χ3n) is 2.80. The van der Waals surface area contributed by atoms with E-state index in [9.17, 15) is 9.36 Å². The van der Waals surface area contributed by atoms with Gasteiger partial charge in [0.15, 0.2) is 0 Å². The molecule has 0 bridgehead atoms. The SMILES string of the molecule is CC(C)OC(=O)C(C)C[PH](=O)c1ccccc1OC(C)C. The van der Waals surface area contributed by atoms with Crippen molar-refractivity contribution in [2.24, 2.45) is 5.92 Å².